The van der Waals surface area contributed by atoms with E-state index in [9.17, 15) is 8.42 Å². The Hall–Kier alpha value is -1.07. The molecule has 4 nitrogen and oxygen atoms in total. The van der Waals surface area contributed by atoms with Gasteiger partial charge in [0, 0.05) is 18.3 Å². The summed E-state index contributed by atoms with van der Waals surface area (Å²) < 4.78 is 28.0. The molecule has 2 N–H and O–H groups in total. The fourth-order valence-corrected chi connectivity index (χ4v) is 4.15. The summed E-state index contributed by atoms with van der Waals surface area (Å²) in [5, 5.41) is 3.25. The van der Waals surface area contributed by atoms with Crippen LogP contribution in [0, 0.1) is 0 Å². The molecule has 5 heteroatoms. The second-order valence-electron chi connectivity index (χ2n) is 5.74. The van der Waals surface area contributed by atoms with Gasteiger partial charge in [-0.15, -0.1) is 0 Å². The molecule has 0 amide bonds. The molecule has 1 atom stereocenters. The Labute approximate surface area is 128 Å². The highest BCUT2D eigenvalue weighted by atomic mass is 32.2. The van der Waals surface area contributed by atoms with Crippen LogP contribution < -0.4 is 10.0 Å². The summed E-state index contributed by atoms with van der Waals surface area (Å²) in [5.74, 6) is 0. The Kier molecular flexibility index (Phi) is 5.65. The summed E-state index contributed by atoms with van der Waals surface area (Å²) >= 11 is 0. The van der Waals surface area contributed by atoms with Gasteiger partial charge in [-0.3, -0.25) is 0 Å². The summed E-state index contributed by atoms with van der Waals surface area (Å²) in [6, 6.07) is 5.42. The molecule has 0 spiro atoms. The molecular weight excluding hydrogens is 284 g/mol. The van der Waals surface area contributed by atoms with Gasteiger partial charge in [-0.25, -0.2) is 13.1 Å². The van der Waals surface area contributed by atoms with Gasteiger partial charge in [0.1, 0.15) is 0 Å². The number of rotatable bonds is 8. The van der Waals surface area contributed by atoms with E-state index in [0.29, 0.717) is 4.90 Å². The molecule has 0 bridgehead atoms. The number of benzene rings is 1. The maximum absolute atomic E-state index is 12.5. The second kappa shape index (κ2) is 7.27. The van der Waals surface area contributed by atoms with E-state index in [-0.39, 0.29) is 6.04 Å². The number of nitrogens with one attached hydrogen (secondary N) is 2. The predicted octanol–water partition coefficient (Wildman–Crippen LogP) is 3.29. The number of hydrogen-bond acceptors (Lipinski definition) is 3. The summed E-state index contributed by atoms with van der Waals surface area (Å²) in [5.41, 5.74) is 2.16. The highest BCUT2D eigenvalue weighted by molar-refractivity contribution is 7.89. The van der Waals surface area contributed by atoms with Gasteiger partial charge in [-0.2, -0.15) is 0 Å². The van der Waals surface area contributed by atoms with Crippen molar-refractivity contribution >= 4 is 15.7 Å². The molecule has 1 unspecified atom stereocenters. The van der Waals surface area contributed by atoms with Crippen LogP contribution in [0.15, 0.2) is 23.1 Å². The Morgan fingerprint density at radius 1 is 1.24 bits per heavy atom. The third-order valence-corrected chi connectivity index (χ3v) is 5.48. The van der Waals surface area contributed by atoms with Crippen molar-refractivity contribution in [2.24, 2.45) is 0 Å². The average Bonchev–Trinajstić information content (AvgIpc) is 2.92. The van der Waals surface area contributed by atoms with Crippen molar-refractivity contribution in [3.8, 4) is 0 Å². The van der Waals surface area contributed by atoms with E-state index < -0.39 is 10.0 Å². The topological polar surface area (TPSA) is 58.2 Å². The van der Waals surface area contributed by atoms with E-state index in [0.717, 1.165) is 56.3 Å². The first-order valence-electron chi connectivity index (χ1n) is 7.96. The smallest absolute Gasteiger partial charge is 0.240 e. The van der Waals surface area contributed by atoms with E-state index in [2.05, 4.69) is 23.9 Å². The van der Waals surface area contributed by atoms with Crippen LogP contribution in [0.3, 0.4) is 0 Å². The Morgan fingerprint density at radius 2 is 2.05 bits per heavy atom. The molecule has 0 saturated carbocycles. The number of sulfonamides is 1. The molecular formula is C16H26N2O2S. The highest BCUT2D eigenvalue weighted by Crippen LogP contribution is 2.25. The third kappa shape index (κ3) is 4.20. The zero-order chi connectivity index (χ0) is 15.3. The lowest BCUT2D eigenvalue weighted by Gasteiger charge is -2.18. The number of hydrogen-bond donors (Lipinski definition) is 2. The van der Waals surface area contributed by atoms with Gasteiger partial charge >= 0.3 is 0 Å². The van der Waals surface area contributed by atoms with Crippen LogP contribution in [-0.4, -0.2) is 21.0 Å². The molecule has 0 saturated heterocycles. The fraction of sp³-hybridized carbons (Fsp3) is 0.625. The second-order valence-corrected chi connectivity index (χ2v) is 7.46. The van der Waals surface area contributed by atoms with Gasteiger partial charge in [-0.05, 0) is 43.0 Å². The molecule has 0 aliphatic carbocycles. The first-order chi connectivity index (χ1) is 10.1. The van der Waals surface area contributed by atoms with Crippen molar-refractivity contribution < 1.29 is 8.42 Å². The fourth-order valence-electron chi connectivity index (χ4n) is 2.80. The van der Waals surface area contributed by atoms with E-state index in [1.807, 2.05) is 6.07 Å². The van der Waals surface area contributed by atoms with Crippen molar-refractivity contribution in [1.29, 1.82) is 0 Å². The molecule has 118 valence electrons. The minimum atomic E-state index is -3.41. The van der Waals surface area contributed by atoms with Crippen LogP contribution in [0.5, 0.6) is 0 Å². The number of anilines is 1. The predicted molar refractivity (Wildman–Crippen MR) is 87.2 cm³/mol. The minimum absolute atomic E-state index is 0.0475. The summed E-state index contributed by atoms with van der Waals surface area (Å²) in [6.45, 7) is 5.11. The zero-order valence-electron chi connectivity index (χ0n) is 13.0. The lowest BCUT2D eigenvalue weighted by molar-refractivity contribution is 0.483. The molecule has 21 heavy (non-hydrogen) atoms. The van der Waals surface area contributed by atoms with Crippen LogP contribution in [-0.2, 0) is 16.4 Å². The normalized spacial score (nSPS) is 15.5. The molecule has 0 fully saturated rings. The molecule has 1 aromatic carbocycles. The minimum Gasteiger partial charge on any atom is -0.384 e. The van der Waals surface area contributed by atoms with Gasteiger partial charge in [0.05, 0.1) is 4.90 Å². The molecule has 2 rings (SSSR count). The van der Waals surface area contributed by atoms with Gasteiger partial charge in [0.15, 0.2) is 0 Å². The van der Waals surface area contributed by atoms with Crippen molar-refractivity contribution in [3.05, 3.63) is 23.8 Å². The average molecular weight is 310 g/mol. The third-order valence-electron chi connectivity index (χ3n) is 3.96. The van der Waals surface area contributed by atoms with Crippen molar-refractivity contribution in [1.82, 2.24) is 4.72 Å². The van der Waals surface area contributed by atoms with E-state index in [1.54, 1.807) is 12.1 Å². The van der Waals surface area contributed by atoms with Crippen molar-refractivity contribution in [3.63, 3.8) is 0 Å². The van der Waals surface area contributed by atoms with Crippen LogP contribution in [0.4, 0.5) is 5.69 Å². The first kappa shape index (κ1) is 16.3. The monoisotopic (exact) mass is 310 g/mol. The molecule has 1 aromatic rings. The number of fused-ring (bicyclic) bond motifs is 1. The van der Waals surface area contributed by atoms with Crippen LogP contribution >= 0.6 is 0 Å². The Bertz CT molecular complexity index is 570. The quantitative estimate of drug-likeness (QED) is 0.774. The Morgan fingerprint density at radius 3 is 2.76 bits per heavy atom. The van der Waals surface area contributed by atoms with E-state index in [1.165, 1.54) is 0 Å². The molecule has 0 radical (unpaired) electrons. The van der Waals surface area contributed by atoms with Crippen molar-refractivity contribution in [2.45, 2.75) is 63.3 Å². The van der Waals surface area contributed by atoms with Gasteiger partial charge in [-0.1, -0.05) is 33.1 Å². The van der Waals surface area contributed by atoms with Crippen molar-refractivity contribution in [2.75, 3.05) is 11.9 Å². The summed E-state index contributed by atoms with van der Waals surface area (Å²) in [4.78, 5) is 0.391. The Balaban J connectivity index is 2.12. The highest BCUT2D eigenvalue weighted by Gasteiger charge is 2.21. The zero-order valence-corrected chi connectivity index (χ0v) is 13.8. The van der Waals surface area contributed by atoms with E-state index in [4.69, 9.17) is 0 Å². The van der Waals surface area contributed by atoms with Crippen LogP contribution in [0.1, 0.15) is 51.5 Å². The molecule has 1 aliphatic rings. The maximum atomic E-state index is 12.5. The molecule has 0 aromatic heterocycles. The summed E-state index contributed by atoms with van der Waals surface area (Å²) in [6.07, 6.45) is 5.84. The SMILES string of the molecule is CCCCC(CCC)NS(=O)(=O)c1ccc2c(c1)CCN2. The first-order valence-corrected chi connectivity index (χ1v) is 9.44. The standard InChI is InChI=1S/C16H26N2O2S/c1-3-5-7-14(6-4-2)18-21(19,20)15-8-9-16-13(12-15)10-11-17-16/h8-9,12,14,17-18H,3-7,10-11H2,1-2H3. The molecule has 1 heterocycles. The van der Waals surface area contributed by atoms with Crippen LogP contribution in [0.25, 0.3) is 0 Å². The lowest BCUT2D eigenvalue weighted by atomic mass is 10.1. The van der Waals surface area contributed by atoms with Gasteiger partial charge < -0.3 is 5.32 Å². The van der Waals surface area contributed by atoms with Gasteiger partial charge in [0.25, 0.3) is 0 Å². The van der Waals surface area contributed by atoms with Gasteiger partial charge in [0.2, 0.25) is 10.0 Å². The maximum Gasteiger partial charge on any atom is 0.240 e. The lowest BCUT2D eigenvalue weighted by Crippen LogP contribution is -2.34. The van der Waals surface area contributed by atoms with E-state index >= 15 is 0 Å². The summed E-state index contributed by atoms with van der Waals surface area (Å²) in [7, 11) is -3.41. The molecule has 1 aliphatic heterocycles. The largest absolute Gasteiger partial charge is 0.384 e. The van der Waals surface area contributed by atoms with Crippen LogP contribution in [0.2, 0.25) is 0 Å². The number of unbranched alkanes of at least 4 members (excludes halogenated alkanes) is 1.